The minimum atomic E-state index is -0.441. The highest BCUT2D eigenvalue weighted by Gasteiger charge is 2.11. The zero-order valence-corrected chi connectivity index (χ0v) is 11.5. The smallest absolute Gasteiger partial charge is 0.249 e. The third-order valence-electron chi connectivity index (χ3n) is 3.43. The number of aromatic nitrogens is 1. The molecule has 104 valence electrons. The van der Waals surface area contributed by atoms with E-state index >= 15 is 0 Å². The first-order valence-corrected chi connectivity index (χ1v) is 6.52. The summed E-state index contributed by atoms with van der Waals surface area (Å²) in [4.78, 5) is 15.8. The Hall–Kier alpha value is -2.88. The Morgan fingerprint density at radius 1 is 1.14 bits per heavy atom. The van der Waals surface area contributed by atoms with E-state index in [1.165, 1.54) is 0 Å². The Morgan fingerprint density at radius 3 is 2.71 bits per heavy atom. The molecule has 0 saturated carbocycles. The van der Waals surface area contributed by atoms with Gasteiger partial charge in [0.15, 0.2) is 0 Å². The standard InChI is InChI=1S/C17H14N2O2/c1-21-17-15-10-12(7-6-11(15)8-9-19-17)13-4-2-3-5-14(13)16(18)20/h2-10H,1H3,(H2,18,20). The van der Waals surface area contributed by atoms with Crippen molar-refractivity contribution < 1.29 is 9.53 Å². The quantitative estimate of drug-likeness (QED) is 0.801. The molecule has 0 unspecified atom stereocenters. The SMILES string of the molecule is COc1nccc2ccc(-c3ccccc3C(N)=O)cc12. The first-order valence-electron chi connectivity index (χ1n) is 6.52. The maximum absolute atomic E-state index is 11.6. The van der Waals surface area contributed by atoms with Crippen LogP contribution in [0.4, 0.5) is 0 Å². The van der Waals surface area contributed by atoms with E-state index in [1.54, 1.807) is 25.4 Å². The van der Waals surface area contributed by atoms with Crippen molar-refractivity contribution in [2.45, 2.75) is 0 Å². The van der Waals surface area contributed by atoms with Gasteiger partial charge >= 0.3 is 0 Å². The van der Waals surface area contributed by atoms with Crippen molar-refractivity contribution in [1.29, 1.82) is 0 Å². The van der Waals surface area contributed by atoms with Crippen molar-refractivity contribution in [3.8, 4) is 17.0 Å². The fourth-order valence-corrected chi connectivity index (χ4v) is 2.42. The Bertz CT molecular complexity index is 828. The van der Waals surface area contributed by atoms with Gasteiger partial charge in [0.05, 0.1) is 7.11 Å². The Labute approximate surface area is 122 Å². The van der Waals surface area contributed by atoms with Crippen molar-refractivity contribution in [2.75, 3.05) is 7.11 Å². The molecule has 0 atom stereocenters. The lowest BCUT2D eigenvalue weighted by molar-refractivity contribution is 0.100. The number of benzene rings is 2. The molecule has 2 aromatic carbocycles. The average Bonchev–Trinajstić information content (AvgIpc) is 2.53. The van der Waals surface area contributed by atoms with Crippen LogP contribution in [-0.4, -0.2) is 18.0 Å². The molecule has 2 N–H and O–H groups in total. The minimum absolute atomic E-state index is 0.441. The van der Waals surface area contributed by atoms with E-state index in [-0.39, 0.29) is 0 Å². The highest BCUT2D eigenvalue weighted by Crippen LogP contribution is 2.30. The summed E-state index contributed by atoms with van der Waals surface area (Å²) in [6.07, 6.45) is 1.71. The molecule has 21 heavy (non-hydrogen) atoms. The summed E-state index contributed by atoms with van der Waals surface area (Å²) in [6.45, 7) is 0. The molecule has 0 fully saturated rings. The van der Waals surface area contributed by atoms with Gasteiger partial charge < -0.3 is 10.5 Å². The summed E-state index contributed by atoms with van der Waals surface area (Å²) in [6, 6.07) is 15.1. The van der Waals surface area contributed by atoms with Gasteiger partial charge in [-0.25, -0.2) is 4.98 Å². The summed E-state index contributed by atoms with van der Waals surface area (Å²) in [5.74, 6) is 0.120. The number of hydrogen-bond donors (Lipinski definition) is 1. The van der Waals surface area contributed by atoms with E-state index in [4.69, 9.17) is 10.5 Å². The number of carbonyl (C=O) groups excluding carboxylic acids is 1. The molecule has 0 aliphatic carbocycles. The van der Waals surface area contributed by atoms with E-state index < -0.39 is 5.91 Å². The fourth-order valence-electron chi connectivity index (χ4n) is 2.42. The highest BCUT2D eigenvalue weighted by atomic mass is 16.5. The van der Waals surface area contributed by atoms with E-state index in [0.29, 0.717) is 11.4 Å². The van der Waals surface area contributed by atoms with Crippen molar-refractivity contribution in [3.05, 3.63) is 60.3 Å². The van der Waals surface area contributed by atoms with E-state index in [9.17, 15) is 4.79 Å². The van der Waals surface area contributed by atoms with Crippen LogP contribution < -0.4 is 10.5 Å². The number of methoxy groups -OCH3 is 1. The van der Waals surface area contributed by atoms with E-state index in [1.807, 2.05) is 36.4 Å². The number of hydrogen-bond acceptors (Lipinski definition) is 3. The third kappa shape index (κ3) is 2.31. The molecule has 0 aliphatic heterocycles. The van der Waals surface area contributed by atoms with Gasteiger partial charge in [-0.3, -0.25) is 4.79 Å². The highest BCUT2D eigenvalue weighted by molar-refractivity contribution is 6.01. The van der Waals surface area contributed by atoms with Gasteiger partial charge in [0.1, 0.15) is 0 Å². The Morgan fingerprint density at radius 2 is 1.95 bits per heavy atom. The van der Waals surface area contributed by atoms with Crippen molar-refractivity contribution in [3.63, 3.8) is 0 Å². The van der Waals surface area contributed by atoms with Gasteiger partial charge in [0.25, 0.3) is 0 Å². The van der Waals surface area contributed by atoms with Crippen LogP contribution in [0.2, 0.25) is 0 Å². The molecule has 3 rings (SSSR count). The molecule has 1 heterocycles. The average molecular weight is 278 g/mol. The van der Waals surface area contributed by atoms with Gasteiger partial charge in [0, 0.05) is 17.1 Å². The van der Waals surface area contributed by atoms with Crippen LogP contribution in [-0.2, 0) is 0 Å². The van der Waals surface area contributed by atoms with Crippen molar-refractivity contribution in [1.82, 2.24) is 4.98 Å². The second kappa shape index (κ2) is 5.25. The molecule has 4 heteroatoms. The largest absolute Gasteiger partial charge is 0.481 e. The van der Waals surface area contributed by atoms with Gasteiger partial charge in [-0.1, -0.05) is 30.3 Å². The zero-order valence-electron chi connectivity index (χ0n) is 11.5. The van der Waals surface area contributed by atoms with E-state index in [2.05, 4.69) is 4.98 Å². The fraction of sp³-hybridized carbons (Fsp3) is 0.0588. The predicted octanol–water partition coefficient (Wildman–Crippen LogP) is 3.01. The normalized spacial score (nSPS) is 10.5. The first-order chi connectivity index (χ1) is 10.2. The number of primary amides is 1. The molecule has 0 aliphatic rings. The molecule has 1 amide bonds. The first kappa shape index (κ1) is 13.1. The second-order valence-electron chi connectivity index (χ2n) is 4.67. The van der Waals surface area contributed by atoms with Gasteiger partial charge in [-0.05, 0) is 34.7 Å². The summed E-state index contributed by atoms with van der Waals surface area (Å²) in [7, 11) is 1.59. The monoisotopic (exact) mass is 278 g/mol. The molecule has 0 bridgehead atoms. The van der Waals surface area contributed by atoms with Crippen LogP contribution in [0.3, 0.4) is 0 Å². The lowest BCUT2D eigenvalue weighted by Gasteiger charge is -2.09. The number of ether oxygens (including phenoxy) is 1. The molecular formula is C17H14N2O2. The van der Waals surface area contributed by atoms with E-state index in [0.717, 1.165) is 21.9 Å². The second-order valence-corrected chi connectivity index (χ2v) is 4.67. The Balaban J connectivity index is 2.25. The van der Waals surface area contributed by atoms with Crippen LogP contribution in [0.15, 0.2) is 54.7 Å². The molecule has 0 spiro atoms. The number of carbonyl (C=O) groups is 1. The lowest BCUT2D eigenvalue weighted by Crippen LogP contribution is -2.12. The Kier molecular flexibility index (Phi) is 3.28. The number of fused-ring (bicyclic) bond motifs is 1. The number of amides is 1. The molecule has 4 nitrogen and oxygen atoms in total. The predicted molar refractivity (Wildman–Crippen MR) is 82.2 cm³/mol. The lowest BCUT2D eigenvalue weighted by atomic mass is 9.97. The molecule has 0 saturated heterocycles. The maximum atomic E-state index is 11.6. The molecular weight excluding hydrogens is 264 g/mol. The zero-order chi connectivity index (χ0) is 14.8. The topological polar surface area (TPSA) is 65.2 Å². The van der Waals surface area contributed by atoms with Gasteiger partial charge in [-0.15, -0.1) is 0 Å². The van der Waals surface area contributed by atoms with Crippen molar-refractivity contribution >= 4 is 16.7 Å². The number of pyridine rings is 1. The van der Waals surface area contributed by atoms with Crippen LogP contribution in [0.25, 0.3) is 21.9 Å². The summed E-state index contributed by atoms with van der Waals surface area (Å²) < 4.78 is 5.29. The van der Waals surface area contributed by atoms with Crippen molar-refractivity contribution in [2.24, 2.45) is 5.73 Å². The maximum Gasteiger partial charge on any atom is 0.249 e. The summed E-state index contributed by atoms with van der Waals surface area (Å²) in [5.41, 5.74) is 7.65. The number of rotatable bonds is 3. The summed E-state index contributed by atoms with van der Waals surface area (Å²) in [5, 5.41) is 1.93. The van der Waals surface area contributed by atoms with Crippen LogP contribution in [0.1, 0.15) is 10.4 Å². The third-order valence-corrected chi connectivity index (χ3v) is 3.43. The molecule has 0 radical (unpaired) electrons. The van der Waals surface area contributed by atoms with Crippen LogP contribution >= 0.6 is 0 Å². The van der Waals surface area contributed by atoms with Gasteiger partial charge in [0.2, 0.25) is 11.8 Å². The minimum Gasteiger partial charge on any atom is -0.481 e. The number of nitrogens with two attached hydrogens (primary N) is 1. The van der Waals surface area contributed by atoms with Gasteiger partial charge in [-0.2, -0.15) is 0 Å². The van der Waals surface area contributed by atoms with Crippen LogP contribution in [0, 0.1) is 0 Å². The molecule has 1 aromatic heterocycles. The summed E-state index contributed by atoms with van der Waals surface area (Å²) >= 11 is 0. The number of nitrogens with zero attached hydrogens (tertiary/aromatic N) is 1. The molecule has 3 aromatic rings. The van der Waals surface area contributed by atoms with Crippen LogP contribution in [0.5, 0.6) is 5.88 Å².